The summed E-state index contributed by atoms with van der Waals surface area (Å²) in [6.07, 6.45) is 2.10. The fourth-order valence-corrected chi connectivity index (χ4v) is 2.71. The molecule has 2 amide bonds. The minimum atomic E-state index is -0.286. The first-order chi connectivity index (χ1) is 12.7. The summed E-state index contributed by atoms with van der Waals surface area (Å²) in [5, 5.41) is 5.60. The molecule has 1 unspecified atom stereocenters. The topological polar surface area (TPSA) is 76.7 Å². The van der Waals surface area contributed by atoms with Gasteiger partial charge in [0.15, 0.2) is 6.61 Å². The third kappa shape index (κ3) is 5.32. The van der Waals surface area contributed by atoms with E-state index >= 15 is 0 Å². The summed E-state index contributed by atoms with van der Waals surface area (Å²) in [7, 11) is 0. The van der Waals surface area contributed by atoms with Crippen molar-refractivity contribution in [1.29, 1.82) is 0 Å². The number of nitrogens with one attached hydrogen (secondary N) is 2. The highest BCUT2D eigenvalue weighted by molar-refractivity contribution is 5.97. The van der Waals surface area contributed by atoms with Crippen LogP contribution in [0.4, 0.5) is 5.69 Å². The minimum absolute atomic E-state index is 0.0944. The van der Waals surface area contributed by atoms with Gasteiger partial charge in [0.2, 0.25) is 0 Å². The Kier molecular flexibility index (Phi) is 6.22. The smallest absolute Gasteiger partial charge is 0.262 e. The Morgan fingerprint density at radius 2 is 1.96 bits per heavy atom. The number of hydrogen-bond acceptors (Lipinski definition) is 4. The van der Waals surface area contributed by atoms with E-state index in [0.717, 1.165) is 19.4 Å². The predicted octanol–water partition coefficient (Wildman–Crippen LogP) is 2.61. The van der Waals surface area contributed by atoms with Crippen molar-refractivity contribution in [2.45, 2.75) is 18.9 Å². The van der Waals surface area contributed by atoms with Gasteiger partial charge in [-0.1, -0.05) is 24.3 Å². The van der Waals surface area contributed by atoms with Crippen LogP contribution in [0.25, 0.3) is 0 Å². The second kappa shape index (κ2) is 9.01. The largest absolute Gasteiger partial charge is 0.484 e. The van der Waals surface area contributed by atoms with E-state index in [0.29, 0.717) is 23.5 Å². The van der Waals surface area contributed by atoms with Gasteiger partial charge in [0.1, 0.15) is 5.75 Å². The van der Waals surface area contributed by atoms with Gasteiger partial charge >= 0.3 is 0 Å². The molecule has 1 aliphatic heterocycles. The van der Waals surface area contributed by atoms with Crippen LogP contribution < -0.4 is 15.4 Å². The molecule has 0 spiro atoms. The molecule has 2 aromatic rings. The lowest BCUT2D eigenvalue weighted by molar-refractivity contribution is -0.118. The maximum atomic E-state index is 12.2. The van der Waals surface area contributed by atoms with Gasteiger partial charge in [0.05, 0.1) is 6.10 Å². The molecule has 2 aromatic carbocycles. The van der Waals surface area contributed by atoms with E-state index in [1.54, 1.807) is 36.4 Å². The number of benzene rings is 2. The van der Waals surface area contributed by atoms with Crippen LogP contribution in [-0.2, 0) is 9.53 Å². The second-order valence-corrected chi connectivity index (χ2v) is 6.08. The molecule has 1 saturated heterocycles. The lowest BCUT2D eigenvalue weighted by Crippen LogP contribution is -2.31. The molecule has 0 aliphatic carbocycles. The normalized spacial score (nSPS) is 16.1. The van der Waals surface area contributed by atoms with Crippen LogP contribution in [0.5, 0.6) is 5.75 Å². The number of carbonyl (C=O) groups excluding carboxylic acids is 2. The summed E-state index contributed by atoms with van der Waals surface area (Å²) in [5.41, 5.74) is 1.04. The first kappa shape index (κ1) is 17.9. The molecule has 0 aromatic heterocycles. The Labute approximate surface area is 152 Å². The Morgan fingerprint density at radius 1 is 1.12 bits per heavy atom. The maximum Gasteiger partial charge on any atom is 0.262 e. The molecule has 1 aliphatic rings. The summed E-state index contributed by atoms with van der Waals surface area (Å²) in [5.74, 6) is 0.160. The molecule has 3 rings (SSSR count). The molecule has 0 saturated carbocycles. The minimum Gasteiger partial charge on any atom is -0.484 e. The van der Waals surface area contributed by atoms with Crippen molar-refractivity contribution in [2.75, 3.05) is 25.1 Å². The number of rotatable bonds is 7. The van der Waals surface area contributed by atoms with E-state index in [9.17, 15) is 9.59 Å². The first-order valence-corrected chi connectivity index (χ1v) is 8.68. The number of hydrogen-bond donors (Lipinski definition) is 2. The highest BCUT2D eigenvalue weighted by Gasteiger charge is 2.16. The van der Waals surface area contributed by atoms with Crippen LogP contribution >= 0.6 is 0 Å². The van der Waals surface area contributed by atoms with Crippen molar-refractivity contribution in [3.8, 4) is 5.75 Å². The van der Waals surface area contributed by atoms with Crippen LogP contribution in [0.15, 0.2) is 54.6 Å². The van der Waals surface area contributed by atoms with E-state index in [4.69, 9.17) is 9.47 Å². The number of carbonyl (C=O) groups is 2. The van der Waals surface area contributed by atoms with E-state index in [1.807, 2.05) is 18.2 Å². The van der Waals surface area contributed by atoms with Crippen molar-refractivity contribution < 1.29 is 19.1 Å². The molecule has 0 bridgehead atoms. The Balaban J connectivity index is 1.49. The number of para-hydroxylation sites is 1. The number of amides is 2. The van der Waals surface area contributed by atoms with Crippen LogP contribution in [0.3, 0.4) is 0 Å². The van der Waals surface area contributed by atoms with Gasteiger partial charge in [-0.2, -0.15) is 0 Å². The van der Waals surface area contributed by atoms with Crippen molar-refractivity contribution in [1.82, 2.24) is 5.32 Å². The standard InChI is InChI=1S/C20H22N2O4/c23-19(14-26-17-8-2-1-3-9-17)22-16-7-4-6-15(12-16)20(24)21-13-18-10-5-11-25-18/h1-4,6-9,12,18H,5,10-11,13-14H2,(H,21,24)(H,22,23). The van der Waals surface area contributed by atoms with Crippen molar-refractivity contribution in [2.24, 2.45) is 0 Å². The Hall–Kier alpha value is -2.86. The van der Waals surface area contributed by atoms with Crippen LogP contribution in [-0.4, -0.2) is 37.7 Å². The fraction of sp³-hybridized carbons (Fsp3) is 0.300. The molecule has 1 heterocycles. The van der Waals surface area contributed by atoms with Gasteiger partial charge in [0.25, 0.3) is 11.8 Å². The highest BCUT2D eigenvalue weighted by Crippen LogP contribution is 2.13. The molecule has 136 valence electrons. The van der Waals surface area contributed by atoms with E-state index in [1.165, 1.54) is 0 Å². The summed E-state index contributed by atoms with van der Waals surface area (Å²) in [6, 6.07) is 15.9. The Morgan fingerprint density at radius 3 is 2.73 bits per heavy atom. The van der Waals surface area contributed by atoms with Crippen LogP contribution in [0.1, 0.15) is 23.2 Å². The molecule has 0 radical (unpaired) electrons. The SMILES string of the molecule is O=C(COc1ccccc1)Nc1cccc(C(=O)NCC2CCCO2)c1. The lowest BCUT2D eigenvalue weighted by atomic mass is 10.1. The molecular formula is C20H22N2O4. The third-order valence-electron chi connectivity index (χ3n) is 4.04. The predicted molar refractivity (Wildman–Crippen MR) is 98.3 cm³/mol. The van der Waals surface area contributed by atoms with Gasteiger partial charge in [-0.3, -0.25) is 9.59 Å². The number of anilines is 1. The average Bonchev–Trinajstić information content (AvgIpc) is 3.19. The van der Waals surface area contributed by atoms with E-state index < -0.39 is 0 Å². The molecule has 1 fully saturated rings. The fourth-order valence-electron chi connectivity index (χ4n) is 2.71. The van der Waals surface area contributed by atoms with Crippen molar-refractivity contribution in [3.05, 3.63) is 60.2 Å². The van der Waals surface area contributed by atoms with Gasteiger partial charge in [-0.05, 0) is 43.2 Å². The molecule has 6 heteroatoms. The zero-order valence-corrected chi connectivity index (χ0v) is 14.4. The van der Waals surface area contributed by atoms with E-state index in [2.05, 4.69) is 10.6 Å². The third-order valence-corrected chi connectivity index (χ3v) is 4.04. The molecule has 2 N–H and O–H groups in total. The van der Waals surface area contributed by atoms with Gasteiger partial charge in [-0.15, -0.1) is 0 Å². The van der Waals surface area contributed by atoms with Gasteiger partial charge in [0, 0.05) is 24.4 Å². The summed E-state index contributed by atoms with van der Waals surface area (Å²) in [6.45, 7) is 1.16. The molecule has 6 nitrogen and oxygen atoms in total. The summed E-state index contributed by atoms with van der Waals surface area (Å²) < 4.78 is 10.9. The maximum absolute atomic E-state index is 12.2. The molecular weight excluding hydrogens is 332 g/mol. The lowest BCUT2D eigenvalue weighted by Gasteiger charge is -2.12. The monoisotopic (exact) mass is 354 g/mol. The zero-order valence-electron chi connectivity index (χ0n) is 14.4. The second-order valence-electron chi connectivity index (χ2n) is 6.08. The van der Waals surface area contributed by atoms with Crippen LogP contribution in [0, 0.1) is 0 Å². The quantitative estimate of drug-likeness (QED) is 0.801. The molecule has 26 heavy (non-hydrogen) atoms. The molecule has 1 atom stereocenters. The van der Waals surface area contributed by atoms with E-state index in [-0.39, 0.29) is 24.5 Å². The zero-order chi connectivity index (χ0) is 18.2. The first-order valence-electron chi connectivity index (χ1n) is 8.68. The summed E-state index contributed by atoms with van der Waals surface area (Å²) >= 11 is 0. The average molecular weight is 354 g/mol. The summed E-state index contributed by atoms with van der Waals surface area (Å²) in [4.78, 5) is 24.3. The van der Waals surface area contributed by atoms with Gasteiger partial charge < -0.3 is 20.1 Å². The highest BCUT2D eigenvalue weighted by atomic mass is 16.5. The number of ether oxygens (including phenoxy) is 2. The van der Waals surface area contributed by atoms with Crippen molar-refractivity contribution >= 4 is 17.5 Å². The van der Waals surface area contributed by atoms with Crippen molar-refractivity contribution in [3.63, 3.8) is 0 Å². The Bertz CT molecular complexity index is 742. The van der Waals surface area contributed by atoms with Gasteiger partial charge in [-0.25, -0.2) is 0 Å². The van der Waals surface area contributed by atoms with Crippen LogP contribution in [0.2, 0.25) is 0 Å².